The molecule has 35 heavy (non-hydrogen) atoms. The van der Waals surface area contributed by atoms with Crippen LogP contribution in [0.3, 0.4) is 0 Å². The highest BCUT2D eigenvalue weighted by molar-refractivity contribution is 6.22. The Labute approximate surface area is 205 Å². The molecular formula is C27H31N7O. The fourth-order valence-electron chi connectivity index (χ4n) is 5.46. The SMILES string of the molecule is NC[C@H]1CCCN(c2nc(Nc3ccc4c(c3)-c3ccccc3C4=O)nc(N3CCCCC3)n2)C1. The number of nitrogens with one attached hydrogen (secondary N) is 1. The number of piperidine rings is 2. The fourth-order valence-corrected chi connectivity index (χ4v) is 5.46. The standard InChI is InChI=1S/C27H31N7O/c28-16-18-7-6-14-34(17-18)27-31-25(30-26(32-27)33-12-4-1-5-13-33)29-19-10-11-22-23(15-19)20-8-2-3-9-21(20)24(22)35/h2-3,8-11,15,18H,1,4-7,12-14,16-17,28H2,(H,29,30,31,32)/t18-/m1/s1. The van der Waals surface area contributed by atoms with Crippen molar-refractivity contribution in [1.29, 1.82) is 0 Å². The van der Waals surface area contributed by atoms with E-state index in [-0.39, 0.29) is 5.78 Å². The molecule has 2 fully saturated rings. The summed E-state index contributed by atoms with van der Waals surface area (Å²) in [4.78, 5) is 31.8. The Morgan fingerprint density at radius 2 is 1.54 bits per heavy atom. The van der Waals surface area contributed by atoms with E-state index < -0.39 is 0 Å². The van der Waals surface area contributed by atoms with Gasteiger partial charge in [0, 0.05) is 43.0 Å². The minimum absolute atomic E-state index is 0.0801. The van der Waals surface area contributed by atoms with Gasteiger partial charge in [-0.25, -0.2) is 0 Å². The Kier molecular flexibility index (Phi) is 5.82. The maximum atomic E-state index is 12.8. The summed E-state index contributed by atoms with van der Waals surface area (Å²) < 4.78 is 0. The van der Waals surface area contributed by atoms with E-state index in [0.717, 1.165) is 85.8 Å². The minimum Gasteiger partial charge on any atom is -0.341 e. The van der Waals surface area contributed by atoms with Crippen molar-refractivity contribution < 1.29 is 4.79 Å². The van der Waals surface area contributed by atoms with Crippen molar-refractivity contribution in [3.05, 3.63) is 53.6 Å². The Morgan fingerprint density at radius 1 is 0.829 bits per heavy atom. The molecule has 1 aliphatic carbocycles. The second-order valence-electron chi connectivity index (χ2n) is 9.76. The number of hydrogen-bond acceptors (Lipinski definition) is 8. The van der Waals surface area contributed by atoms with Crippen LogP contribution in [0.2, 0.25) is 0 Å². The maximum absolute atomic E-state index is 12.8. The lowest BCUT2D eigenvalue weighted by atomic mass is 9.99. The summed E-state index contributed by atoms with van der Waals surface area (Å²) >= 11 is 0. The molecule has 3 aliphatic rings. The van der Waals surface area contributed by atoms with E-state index in [9.17, 15) is 4.79 Å². The van der Waals surface area contributed by atoms with Crippen molar-refractivity contribution in [2.24, 2.45) is 11.7 Å². The fraction of sp³-hybridized carbons (Fsp3) is 0.407. The zero-order valence-electron chi connectivity index (χ0n) is 19.9. The average Bonchev–Trinajstić information content (AvgIpc) is 3.20. The number of benzene rings is 2. The van der Waals surface area contributed by atoms with Crippen LogP contribution in [0.1, 0.15) is 48.0 Å². The molecule has 0 amide bonds. The quantitative estimate of drug-likeness (QED) is 0.453. The molecule has 2 aromatic carbocycles. The lowest BCUT2D eigenvalue weighted by Gasteiger charge is -2.33. The average molecular weight is 470 g/mol. The molecule has 0 unspecified atom stereocenters. The highest BCUT2D eigenvalue weighted by atomic mass is 16.1. The molecule has 180 valence electrons. The van der Waals surface area contributed by atoms with Gasteiger partial charge in [0.2, 0.25) is 17.8 Å². The van der Waals surface area contributed by atoms with Gasteiger partial charge < -0.3 is 20.9 Å². The molecule has 8 heteroatoms. The number of ketones is 1. The summed E-state index contributed by atoms with van der Waals surface area (Å²) in [6, 6.07) is 13.6. The van der Waals surface area contributed by atoms with Crippen LogP contribution < -0.4 is 20.9 Å². The number of nitrogens with two attached hydrogens (primary N) is 1. The lowest BCUT2D eigenvalue weighted by Crippen LogP contribution is -2.40. The first-order valence-corrected chi connectivity index (χ1v) is 12.7. The minimum atomic E-state index is 0.0801. The molecule has 2 aliphatic heterocycles. The zero-order chi connectivity index (χ0) is 23.8. The molecule has 6 rings (SSSR count). The summed E-state index contributed by atoms with van der Waals surface area (Å²) in [6.45, 7) is 4.41. The van der Waals surface area contributed by atoms with Gasteiger partial charge in [0.15, 0.2) is 5.78 Å². The number of anilines is 4. The van der Waals surface area contributed by atoms with Crippen molar-refractivity contribution in [2.75, 3.05) is 47.8 Å². The first-order chi connectivity index (χ1) is 17.2. The van der Waals surface area contributed by atoms with E-state index in [0.29, 0.717) is 24.4 Å². The summed E-state index contributed by atoms with van der Waals surface area (Å²) in [5, 5.41) is 3.41. The highest BCUT2D eigenvalue weighted by Crippen LogP contribution is 2.38. The molecule has 0 spiro atoms. The van der Waals surface area contributed by atoms with Gasteiger partial charge >= 0.3 is 0 Å². The number of carbonyl (C=O) groups excluding carboxylic acids is 1. The van der Waals surface area contributed by atoms with Gasteiger partial charge in [-0.1, -0.05) is 24.3 Å². The lowest BCUT2D eigenvalue weighted by molar-refractivity contribution is 0.104. The Hall–Kier alpha value is -3.52. The van der Waals surface area contributed by atoms with Crippen LogP contribution in [-0.2, 0) is 0 Å². The van der Waals surface area contributed by atoms with Gasteiger partial charge in [0.05, 0.1) is 0 Å². The van der Waals surface area contributed by atoms with Crippen LogP contribution in [0, 0.1) is 5.92 Å². The van der Waals surface area contributed by atoms with Crippen LogP contribution in [0.4, 0.5) is 23.5 Å². The largest absolute Gasteiger partial charge is 0.341 e. The van der Waals surface area contributed by atoms with Crippen LogP contribution >= 0.6 is 0 Å². The maximum Gasteiger partial charge on any atom is 0.233 e. The van der Waals surface area contributed by atoms with Gasteiger partial charge in [-0.3, -0.25) is 4.79 Å². The van der Waals surface area contributed by atoms with Crippen molar-refractivity contribution in [2.45, 2.75) is 32.1 Å². The second-order valence-corrected chi connectivity index (χ2v) is 9.76. The van der Waals surface area contributed by atoms with Gasteiger partial charge in [-0.2, -0.15) is 15.0 Å². The number of nitrogens with zero attached hydrogens (tertiary/aromatic N) is 5. The summed E-state index contributed by atoms with van der Waals surface area (Å²) in [7, 11) is 0. The molecule has 3 N–H and O–H groups in total. The molecule has 0 saturated carbocycles. The first-order valence-electron chi connectivity index (χ1n) is 12.7. The third-order valence-corrected chi connectivity index (χ3v) is 7.37. The Morgan fingerprint density at radius 3 is 2.34 bits per heavy atom. The third-order valence-electron chi connectivity index (χ3n) is 7.37. The molecule has 1 aromatic heterocycles. The van der Waals surface area contributed by atoms with Gasteiger partial charge in [-0.15, -0.1) is 0 Å². The number of hydrogen-bond donors (Lipinski definition) is 2. The number of rotatable bonds is 5. The number of carbonyl (C=O) groups is 1. The van der Waals surface area contributed by atoms with Crippen LogP contribution in [0.5, 0.6) is 0 Å². The Balaban J connectivity index is 1.34. The predicted octanol–water partition coefficient (Wildman–Crippen LogP) is 3.99. The van der Waals surface area contributed by atoms with E-state index in [1.807, 2.05) is 42.5 Å². The molecule has 1 atom stereocenters. The zero-order valence-corrected chi connectivity index (χ0v) is 19.9. The van der Waals surface area contributed by atoms with Crippen molar-refractivity contribution in [3.8, 4) is 11.1 Å². The molecule has 8 nitrogen and oxygen atoms in total. The Bertz CT molecular complexity index is 1250. The topological polar surface area (TPSA) is 100 Å². The molecule has 0 radical (unpaired) electrons. The van der Waals surface area contributed by atoms with Crippen LogP contribution in [0.25, 0.3) is 11.1 Å². The second kappa shape index (κ2) is 9.26. The van der Waals surface area contributed by atoms with Crippen LogP contribution in [0.15, 0.2) is 42.5 Å². The summed E-state index contributed by atoms with van der Waals surface area (Å²) in [5.41, 5.74) is 10.3. The van der Waals surface area contributed by atoms with E-state index >= 15 is 0 Å². The van der Waals surface area contributed by atoms with Gasteiger partial charge in [-0.05, 0) is 73.9 Å². The molecular weight excluding hydrogens is 438 g/mol. The van der Waals surface area contributed by atoms with E-state index in [2.05, 4.69) is 15.1 Å². The van der Waals surface area contributed by atoms with E-state index in [1.54, 1.807) is 0 Å². The van der Waals surface area contributed by atoms with Gasteiger partial charge in [0.25, 0.3) is 0 Å². The monoisotopic (exact) mass is 469 g/mol. The van der Waals surface area contributed by atoms with E-state index in [1.165, 1.54) is 6.42 Å². The molecule has 3 aromatic rings. The van der Waals surface area contributed by atoms with E-state index in [4.69, 9.17) is 20.7 Å². The summed E-state index contributed by atoms with van der Waals surface area (Å²) in [6.07, 6.45) is 5.80. The number of aromatic nitrogens is 3. The highest BCUT2D eigenvalue weighted by Gasteiger charge is 2.27. The predicted molar refractivity (Wildman–Crippen MR) is 138 cm³/mol. The number of fused-ring (bicyclic) bond motifs is 3. The third kappa shape index (κ3) is 4.23. The normalized spacial score (nSPS) is 19.5. The van der Waals surface area contributed by atoms with Gasteiger partial charge in [0.1, 0.15) is 0 Å². The smallest absolute Gasteiger partial charge is 0.233 e. The molecule has 3 heterocycles. The molecule has 0 bridgehead atoms. The van der Waals surface area contributed by atoms with Crippen molar-refractivity contribution in [3.63, 3.8) is 0 Å². The van der Waals surface area contributed by atoms with Crippen molar-refractivity contribution in [1.82, 2.24) is 15.0 Å². The van der Waals surface area contributed by atoms with Crippen molar-refractivity contribution >= 4 is 29.3 Å². The first kappa shape index (κ1) is 22.0. The molecule has 2 saturated heterocycles. The summed E-state index contributed by atoms with van der Waals surface area (Å²) in [5.74, 6) is 2.51. The van der Waals surface area contributed by atoms with Crippen LogP contribution in [-0.4, -0.2) is 53.5 Å².